The quantitative estimate of drug-likeness (QED) is 0.599. The number of carbonyl (C=O) groups excluding carboxylic acids is 2. The fraction of sp³-hybridized carbons (Fsp3) is 0.261. The van der Waals surface area contributed by atoms with Crippen LogP contribution in [0.4, 0.5) is 0 Å². The second-order valence-corrected chi connectivity index (χ2v) is 6.85. The fourth-order valence-electron chi connectivity index (χ4n) is 3.15. The van der Waals surface area contributed by atoms with Gasteiger partial charge >= 0.3 is 5.97 Å². The molecule has 6 heteroatoms. The van der Waals surface area contributed by atoms with E-state index in [1.807, 2.05) is 67.6 Å². The molecule has 2 aromatic carbocycles. The molecule has 29 heavy (non-hydrogen) atoms. The lowest BCUT2D eigenvalue weighted by Gasteiger charge is -2.08. The van der Waals surface area contributed by atoms with E-state index in [1.54, 1.807) is 11.6 Å². The Hall–Kier alpha value is -3.41. The van der Waals surface area contributed by atoms with Gasteiger partial charge < -0.3 is 10.1 Å². The summed E-state index contributed by atoms with van der Waals surface area (Å²) in [6.45, 7) is 4.36. The lowest BCUT2D eigenvalue weighted by Crippen LogP contribution is -2.30. The smallest absolute Gasteiger partial charge is 0.342 e. The first-order valence-electron chi connectivity index (χ1n) is 9.60. The van der Waals surface area contributed by atoms with Crippen molar-refractivity contribution in [2.75, 3.05) is 13.2 Å². The molecule has 1 aromatic heterocycles. The predicted octanol–water partition coefficient (Wildman–Crippen LogP) is 3.06. The first-order valence-corrected chi connectivity index (χ1v) is 9.60. The van der Waals surface area contributed by atoms with Crippen LogP contribution in [-0.2, 0) is 22.5 Å². The third-order valence-electron chi connectivity index (χ3n) is 4.67. The number of benzene rings is 2. The van der Waals surface area contributed by atoms with Crippen LogP contribution in [0.2, 0.25) is 0 Å². The summed E-state index contributed by atoms with van der Waals surface area (Å²) in [5, 5.41) is 7.22. The number of hydrogen-bond donors (Lipinski definition) is 1. The van der Waals surface area contributed by atoms with Crippen LogP contribution < -0.4 is 5.32 Å². The maximum atomic E-state index is 12.5. The summed E-state index contributed by atoms with van der Waals surface area (Å²) < 4.78 is 6.99. The van der Waals surface area contributed by atoms with Crippen LogP contribution in [0.3, 0.4) is 0 Å². The van der Waals surface area contributed by atoms with Gasteiger partial charge in [0.15, 0.2) is 6.61 Å². The second-order valence-electron chi connectivity index (χ2n) is 6.85. The Balaban J connectivity index is 1.52. The minimum atomic E-state index is -0.530. The summed E-state index contributed by atoms with van der Waals surface area (Å²) in [5.41, 5.74) is 3.96. The monoisotopic (exact) mass is 391 g/mol. The summed E-state index contributed by atoms with van der Waals surface area (Å²) >= 11 is 0. The number of aryl methyl sites for hydroxylation is 1. The molecule has 0 spiro atoms. The molecule has 1 heterocycles. The number of nitrogens with zero attached hydrogens (tertiary/aromatic N) is 2. The van der Waals surface area contributed by atoms with E-state index >= 15 is 0 Å². The van der Waals surface area contributed by atoms with Gasteiger partial charge in [-0.1, -0.05) is 60.7 Å². The summed E-state index contributed by atoms with van der Waals surface area (Å²) in [7, 11) is 0. The minimum absolute atomic E-state index is 0.309. The van der Waals surface area contributed by atoms with Gasteiger partial charge in [0.1, 0.15) is 5.56 Å². The zero-order chi connectivity index (χ0) is 20.6. The molecule has 3 aromatic rings. The number of aromatic nitrogens is 2. The highest BCUT2D eigenvalue weighted by atomic mass is 16.5. The first-order chi connectivity index (χ1) is 14.0. The van der Waals surface area contributed by atoms with Gasteiger partial charge in [-0.3, -0.25) is 9.48 Å². The molecule has 0 atom stereocenters. The van der Waals surface area contributed by atoms with E-state index in [1.165, 1.54) is 0 Å². The Morgan fingerprint density at radius 2 is 1.59 bits per heavy atom. The van der Waals surface area contributed by atoms with Crippen molar-refractivity contribution in [3.05, 3.63) is 88.7 Å². The molecule has 1 N–H and O–H groups in total. The van der Waals surface area contributed by atoms with Crippen LogP contribution in [0.5, 0.6) is 0 Å². The van der Waals surface area contributed by atoms with Crippen LogP contribution in [0.1, 0.15) is 32.9 Å². The van der Waals surface area contributed by atoms with E-state index in [0.717, 1.165) is 23.2 Å². The van der Waals surface area contributed by atoms with Gasteiger partial charge in [0.2, 0.25) is 0 Å². The van der Waals surface area contributed by atoms with Crippen LogP contribution in [0.25, 0.3) is 0 Å². The Bertz CT molecular complexity index is 966. The van der Waals surface area contributed by atoms with Gasteiger partial charge in [0, 0.05) is 6.54 Å². The molecular formula is C23H25N3O3. The topological polar surface area (TPSA) is 73.2 Å². The van der Waals surface area contributed by atoms with E-state index < -0.39 is 5.97 Å². The normalized spacial score (nSPS) is 10.6. The molecule has 0 aliphatic rings. The number of carbonyl (C=O) groups is 2. The number of amides is 1. The summed E-state index contributed by atoms with van der Waals surface area (Å²) in [4.78, 5) is 24.5. The van der Waals surface area contributed by atoms with Crippen molar-refractivity contribution in [2.24, 2.45) is 0 Å². The van der Waals surface area contributed by atoms with E-state index in [-0.39, 0.29) is 12.5 Å². The lowest BCUT2D eigenvalue weighted by atomic mass is 10.1. The van der Waals surface area contributed by atoms with Crippen LogP contribution >= 0.6 is 0 Å². The predicted molar refractivity (Wildman–Crippen MR) is 111 cm³/mol. The number of rotatable bonds is 8. The molecule has 3 rings (SSSR count). The van der Waals surface area contributed by atoms with E-state index in [0.29, 0.717) is 24.3 Å². The molecule has 6 nitrogen and oxygen atoms in total. The van der Waals surface area contributed by atoms with E-state index in [2.05, 4.69) is 10.4 Å². The molecular weight excluding hydrogens is 366 g/mol. The van der Waals surface area contributed by atoms with Crippen molar-refractivity contribution >= 4 is 11.9 Å². The van der Waals surface area contributed by atoms with E-state index in [9.17, 15) is 9.59 Å². The molecule has 0 bridgehead atoms. The second kappa shape index (κ2) is 9.68. The highest BCUT2D eigenvalue weighted by Crippen LogP contribution is 2.16. The molecule has 0 saturated carbocycles. The summed E-state index contributed by atoms with van der Waals surface area (Å²) in [5.74, 6) is -0.848. The van der Waals surface area contributed by atoms with Gasteiger partial charge in [-0.2, -0.15) is 5.10 Å². The lowest BCUT2D eigenvalue weighted by molar-refractivity contribution is -0.124. The maximum Gasteiger partial charge on any atom is 0.342 e. The fourth-order valence-corrected chi connectivity index (χ4v) is 3.15. The van der Waals surface area contributed by atoms with Gasteiger partial charge in [0.05, 0.1) is 17.9 Å². The Kier molecular flexibility index (Phi) is 6.79. The zero-order valence-corrected chi connectivity index (χ0v) is 16.7. The SMILES string of the molecule is Cc1nn(Cc2ccccc2)c(C)c1C(=O)OCC(=O)NCCc1ccccc1. The average molecular weight is 391 g/mol. The van der Waals surface area contributed by atoms with Crippen molar-refractivity contribution < 1.29 is 14.3 Å². The van der Waals surface area contributed by atoms with Crippen molar-refractivity contribution in [3.63, 3.8) is 0 Å². The third-order valence-corrected chi connectivity index (χ3v) is 4.67. The van der Waals surface area contributed by atoms with Crippen molar-refractivity contribution in [2.45, 2.75) is 26.8 Å². The molecule has 0 fully saturated rings. The molecule has 0 saturated heterocycles. The largest absolute Gasteiger partial charge is 0.452 e. The van der Waals surface area contributed by atoms with Crippen molar-refractivity contribution in [1.29, 1.82) is 0 Å². The van der Waals surface area contributed by atoms with Crippen molar-refractivity contribution in [1.82, 2.24) is 15.1 Å². The minimum Gasteiger partial charge on any atom is -0.452 e. The summed E-state index contributed by atoms with van der Waals surface area (Å²) in [6, 6.07) is 19.8. The molecule has 0 aliphatic carbocycles. The third kappa shape index (κ3) is 5.54. The standard InChI is InChI=1S/C23H25N3O3/c1-17-22(18(2)26(25-17)15-20-11-7-4-8-12-20)23(28)29-16-21(27)24-14-13-19-9-5-3-6-10-19/h3-12H,13-16H2,1-2H3,(H,24,27). The van der Waals surface area contributed by atoms with Gasteiger partial charge in [-0.25, -0.2) is 4.79 Å². The van der Waals surface area contributed by atoms with Gasteiger partial charge in [-0.15, -0.1) is 0 Å². The molecule has 0 radical (unpaired) electrons. The Morgan fingerprint density at radius 1 is 0.966 bits per heavy atom. The first kappa shape index (κ1) is 20.3. The zero-order valence-electron chi connectivity index (χ0n) is 16.7. The molecule has 0 aliphatic heterocycles. The number of ether oxygens (including phenoxy) is 1. The molecule has 1 amide bonds. The molecule has 150 valence electrons. The van der Waals surface area contributed by atoms with Gasteiger partial charge in [-0.05, 0) is 31.4 Å². The number of esters is 1. The number of nitrogens with one attached hydrogen (secondary N) is 1. The number of hydrogen-bond acceptors (Lipinski definition) is 4. The maximum absolute atomic E-state index is 12.5. The summed E-state index contributed by atoms with van der Waals surface area (Å²) in [6.07, 6.45) is 0.727. The van der Waals surface area contributed by atoms with Crippen LogP contribution in [0.15, 0.2) is 60.7 Å². The van der Waals surface area contributed by atoms with Gasteiger partial charge in [0.25, 0.3) is 5.91 Å². The van der Waals surface area contributed by atoms with Crippen molar-refractivity contribution in [3.8, 4) is 0 Å². The average Bonchev–Trinajstić information content (AvgIpc) is 3.01. The van der Waals surface area contributed by atoms with Crippen LogP contribution in [0, 0.1) is 13.8 Å². The van der Waals surface area contributed by atoms with Crippen LogP contribution in [-0.4, -0.2) is 34.8 Å². The highest BCUT2D eigenvalue weighted by molar-refractivity contribution is 5.93. The Morgan fingerprint density at radius 3 is 2.24 bits per heavy atom. The Labute approximate surface area is 170 Å². The molecule has 0 unspecified atom stereocenters. The highest BCUT2D eigenvalue weighted by Gasteiger charge is 2.21. The van der Waals surface area contributed by atoms with E-state index in [4.69, 9.17) is 4.74 Å².